The number of rotatable bonds is 3. The SMILES string of the molecule is COC(=O)[C@H]1CSC(c2csc(-c3ccccc3O)n2)N1. The minimum Gasteiger partial charge on any atom is -0.507 e. The third-order valence-corrected chi connectivity index (χ3v) is 5.32. The number of esters is 1. The molecule has 0 saturated carbocycles. The summed E-state index contributed by atoms with van der Waals surface area (Å²) >= 11 is 3.11. The fraction of sp³-hybridized carbons (Fsp3) is 0.286. The molecular formula is C14H14N2O3S2. The van der Waals surface area contributed by atoms with E-state index in [1.54, 1.807) is 23.9 Å². The van der Waals surface area contributed by atoms with E-state index >= 15 is 0 Å². The van der Waals surface area contributed by atoms with Gasteiger partial charge in [-0.05, 0) is 12.1 Å². The number of aromatic hydroxyl groups is 1. The molecule has 1 saturated heterocycles. The molecule has 2 N–H and O–H groups in total. The lowest BCUT2D eigenvalue weighted by atomic mass is 10.2. The predicted molar refractivity (Wildman–Crippen MR) is 83.4 cm³/mol. The molecule has 0 amide bonds. The van der Waals surface area contributed by atoms with Gasteiger partial charge in [0.15, 0.2) is 0 Å². The molecule has 1 aliphatic heterocycles. The first kappa shape index (κ1) is 14.4. The number of phenols is 1. The Hall–Kier alpha value is -1.57. The number of hydrogen-bond donors (Lipinski definition) is 2. The average molecular weight is 322 g/mol. The second-order valence-electron chi connectivity index (χ2n) is 4.55. The Balaban J connectivity index is 1.77. The zero-order valence-corrected chi connectivity index (χ0v) is 12.9. The number of benzene rings is 1. The molecule has 0 aliphatic carbocycles. The molecule has 0 bridgehead atoms. The summed E-state index contributed by atoms with van der Waals surface area (Å²) in [5, 5.41) is 15.8. The fourth-order valence-corrected chi connectivity index (χ4v) is 4.24. The summed E-state index contributed by atoms with van der Waals surface area (Å²) in [6.07, 6.45) is 0. The minimum absolute atomic E-state index is 0.0232. The van der Waals surface area contributed by atoms with Crippen LogP contribution in [0.3, 0.4) is 0 Å². The Bertz CT molecular complexity index is 659. The van der Waals surface area contributed by atoms with Crippen LogP contribution >= 0.6 is 23.1 Å². The molecule has 0 spiro atoms. The quantitative estimate of drug-likeness (QED) is 0.846. The fourth-order valence-electron chi connectivity index (χ4n) is 2.11. The number of thiazole rings is 1. The lowest BCUT2D eigenvalue weighted by Crippen LogP contribution is -2.34. The molecule has 1 aromatic heterocycles. The van der Waals surface area contributed by atoms with Crippen LogP contribution < -0.4 is 5.32 Å². The molecule has 1 fully saturated rings. The predicted octanol–water partition coefficient (Wildman–Crippen LogP) is 2.39. The molecule has 1 unspecified atom stereocenters. The second kappa shape index (κ2) is 6.05. The molecule has 1 aromatic carbocycles. The van der Waals surface area contributed by atoms with Crippen LogP contribution in [0.25, 0.3) is 10.6 Å². The first-order chi connectivity index (χ1) is 10.2. The summed E-state index contributed by atoms with van der Waals surface area (Å²) in [5.41, 5.74) is 1.59. The van der Waals surface area contributed by atoms with E-state index < -0.39 is 0 Å². The lowest BCUT2D eigenvalue weighted by molar-refractivity contribution is -0.142. The molecule has 5 nitrogen and oxygen atoms in total. The molecular weight excluding hydrogens is 308 g/mol. The standard InChI is InChI=1S/C14H14N2O3S2/c1-19-14(18)10-7-21-13(16-10)9-6-20-12(15-9)8-4-2-3-5-11(8)17/h2-6,10,13,16-17H,7H2,1H3/t10-,13?/m1/s1. The van der Waals surface area contributed by atoms with E-state index in [-0.39, 0.29) is 23.1 Å². The largest absolute Gasteiger partial charge is 0.507 e. The Morgan fingerprint density at radius 3 is 3.05 bits per heavy atom. The normalized spacial score (nSPS) is 21.4. The monoisotopic (exact) mass is 322 g/mol. The average Bonchev–Trinajstić information content (AvgIpc) is 3.15. The van der Waals surface area contributed by atoms with Gasteiger partial charge in [-0.15, -0.1) is 23.1 Å². The van der Waals surface area contributed by atoms with Crippen LogP contribution in [0.15, 0.2) is 29.6 Å². The number of ether oxygens (including phenoxy) is 1. The zero-order valence-electron chi connectivity index (χ0n) is 11.3. The van der Waals surface area contributed by atoms with Gasteiger partial charge in [0.1, 0.15) is 16.8 Å². The van der Waals surface area contributed by atoms with Crippen LogP contribution in [0.1, 0.15) is 11.1 Å². The van der Waals surface area contributed by atoms with E-state index in [1.165, 1.54) is 18.4 Å². The highest BCUT2D eigenvalue weighted by atomic mass is 32.2. The smallest absolute Gasteiger partial charge is 0.323 e. The number of hydrogen-bond acceptors (Lipinski definition) is 7. The van der Waals surface area contributed by atoms with E-state index in [9.17, 15) is 9.90 Å². The van der Waals surface area contributed by atoms with Gasteiger partial charge in [0, 0.05) is 11.1 Å². The number of methoxy groups -OCH3 is 1. The van der Waals surface area contributed by atoms with Crippen molar-refractivity contribution in [2.24, 2.45) is 0 Å². The van der Waals surface area contributed by atoms with Gasteiger partial charge in [-0.3, -0.25) is 10.1 Å². The first-order valence-corrected chi connectivity index (χ1v) is 8.31. The molecule has 2 aromatic rings. The van der Waals surface area contributed by atoms with Crippen LogP contribution in [0, 0.1) is 0 Å². The van der Waals surface area contributed by atoms with Crippen molar-refractivity contribution < 1.29 is 14.6 Å². The maximum atomic E-state index is 11.5. The van der Waals surface area contributed by atoms with Gasteiger partial charge in [0.05, 0.1) is 23.7 Å². The summed E-state index contributed by atoms with van der Waals surface area (Å²) in [6, 6.07) is 6.84. The van der Waals surface area contributed by atoms with E-state index in [2.05, 4.69) is 10.3 Å². The van der Waals surface area contributed by atoms with Crippen LogP contribution in [0.2, 0.25) is 0 Å². The summed E-state index contributed by atoms with van der Waals surface area (Å²) in [6.45, 7) is 0. The summed E-state index contributed by atoms with van der Waals surface area (Å²) in [4.78, 5) is 16.1. The summed E-state index contributed by atoms with van der Waals surface area (Å²) in [7, 11) is 1.39. The maximum absolute atomic E-state index is 11.5. The van der Waals surface area contributed by atoms with Crippen molar-refractivity contribution in [1.29, 1.82) is 0 Å². The van der Waals surface area contributed by atoms with E-state index in [4.69, 9.17) is 4.74 Å². The minimum atomic E-state index is -0.291. The molecule has 1 aliphatic rings. The van der Waals surface area contributed by atoms with Gasteiger partial charge in [0.2, 0.25) is 0 Å². The Labute approximate surface area is 130 Å². The topological polar surface area (TPSA) is 71.5 Å². The van der Waals surface area contributed by atoms with Gasteiger partial charge < -0.3 is 9.84 Å². The Kier molecular flexibility index (Phi) is 4.14. The van der Waals surface area contributed by atoms with Crippen LogP contribution in [0.4, 0.5) is 0 Å². The van der Waals surface area contributed by atoms with Crippen molar-refractivity contribution in [1.82, 2.24) is 10.3 Å². The first-order valence-electron chi connectivity index (χ1n) is 6.38. The third kappa shape index (κ3) is 2.90. The van der Waals surface area contributed by atoms with Gasteiger partial charge in [-0.25, -0.2) is 4.98 Å². The molecule has 3 rings (SSSR count). The molecule has 7 heteroatoms. The molecule has 21 heavy (non-hydrogen) atoms. The number of phenolic OH excluding ortho intramolecular Hbond substituents is 1. The second-order valence-corrected chi connectivity index (χ2v) is 6.55. The van der Waals surface area contributed by atoms with Crippen LogP contribution in [0.5, 0.6) is 5.75 Å². The van der Waals surface area contributed by atoms with Gasteiger partial charge in [-0.1, -0.05) is 12.1 Å². The van der Waals surface area contributed by atoms with Crippen molar-refractivity contribution in [2.45, 2.75) is 11.4 Å². The number of carbonyl (C=O) groups excluding carboxylic acids is 1. The number of carbonyl (C=O) groups is 1. The highest BCUT2D eigenvalue weighted by Gasteiger charge is 2.32. The zero-order chi connectivity index (χ0) is 14.8. The van der Waals surface area contributed by atoms with Crippen molar-refractivity contribution in [3.8, 4) is 16.3 Å². The highest BCUT2D eigenvalue weighted by molar-refractivity contribution is 7.99. The molecule has 2 atom stereocenters. The number of nitrogens with zero attached hydrogens (tertiary/aromatic N) is 1. The lowest BCUT2D eigenvalue weighted by Gasteiger charge is -2.09. The molecule has 110 valence electrons. The van der Waals surface area contributed by atoms with Gasteiger partial charge >= 0.3 is 5.97 Å². The Morgan fingerprint density at radius 1 is 1.48 bits per heavy atom. The van der Waals surface area contributed by atoms with E-state index in [0.29, 0.717) is 5.75 Å². The number of aromatic nitrogens is 1. The van der Waals surface area contributed by atoms with Crippen molar-refractivity contribution in [3.05, 3.63) is 35.3 Å². The maximum Gasteiger partial charge on any atom is 0.323 e. The number of para-hydroxylation sites is 1. The summed E-state index contributed by atoms with van der Waals surface area (Å²) in [5.74, 6) is 0.639. The number of thioether (sulfide) groups is 1. The third-order valence-electron chi connectivity index (χ3n) is 3.19. The van der Waals surface area contributed by atoms with E-state index in [0.717, 1.165) is 16.3 Å². The van der Waals surface area contributed by atoms with Gasteiger partial charge in [0.25, 0.3) is 0 Å². The van der Waals surface area contributed by atoms with Crippen LogP contribution in [-0.4, -0.2) is 35.0 Å². The van der Waals surface area contributed by atoms with E-state index in [1.807, 2.05) is 17.5 Å². The highest BCUT2D eigenvalue weighted by Crippen LogP contribution is 2.37. The molecule has 0 radical (unpaired) electrons. The van der Waals surface area contributed by atoms with Crippen LogP contribution in [-0.2, 0) is 9.53 Å². The molecule has 2 heterocycles. The summed E-state index contributed by atoms with van der Waals surface area (Å²) < 4.78 is 4.74. The van der Waals surface area contributed by atoms with Crippen molar-refractivity contribution in [2.75, 3.05) is 12.9 Å². The number of nitrogens with one attached hydrogen (secondary N) is 1. The Morgan fingerprint density at radius 2 is 2.29 bits per heavy atom. The van der Waals surface area contributed by atoms with Crippen molar-refractivity contribution >= 4 is 29.1 Å². The van der Waals surface area contributed by atoms with Gasteiger partial charge in [-0.2, -0.15) is 0 Å². The van der Waals surface area contributed by atoms with Crippen molar-refractivity contribution in [3.63, 3.8) is 0 Å².